The molecule has 2 aromatic rings. The van der Waals surface area contributed by atoms with Crippen LogP contribution in [0.4, 0.5) is 5.69 Å². The Balaban J connectivity index is 1.90. The molecule has 0 atom stereocenters. The van der Waals surface area contributed by atoms with Crippen LogP contribution in [-0.4, -0.2) is 35.3 Å². The third-order valence-corrected chi connectivity index (χ3v) is 4.89. The first kappa shape index (κ1) is 16.4. The molecule has 124 valence electrons. The minimum atomic E-state index is -0.128. The topological polar surface area (TPSA) is 53.5 Å². The van der Waals surface area contributed by atoms with E-state index >= 15 is 0 Å². The van der Waals surface area contributed by atoms with Crippen molar-refractivity contribution in [2.75, 3.05) is 18.5 Å². The molecule has 6 heteroatoms. The van der Waals surface area contributed by atoms with Gasteiger partial charge in [-0.2, -0.15) is 0 Å². The van der Waals surface area contributed by atoms with Gasteiger partial charge in [0, 0.05) is 36.4 Å². The summed E-state index contributed by atoms with van der Waals surface area (Å²) in [6, 6.07) is 5.56. The second-order valence-electron chi connectivity index (χ2n) is 5.69. The molecule has 1 aliphatic heterocycles. The lowest BCUT2D eigenvalue weighted by atomic mass is 9.95. The Kier molecular flexibility index (Phi) is 4.76. The molecule has 0 spiro atoms. The molecule has 0 aliphatic carbocycles. The molecule has 1 aromatic heterocycles. The SMILES string of the molecule is C=CC(=O)N1CCCc2c(C(=O)N(C)Cc3nccs3)cccc21. The second-order valence-corrected chi connectivity index (χ2v) is 6.67. The molecule has 0 bridgehead atoms. The van der Waals surface area contributed by atoms with Gasteiger partial charge in [0.1, 0.15) is 5.01 Å². The van der Waals surface area contributed by atoms with Crippen LogP contribution in [0.3, 0.4) is 0 Å². The first-order valence-corrected chi connectivity index (χ1v) is 8.69. The number of anilines is 1. The Morgan fingerprint density at radius 1 is 1.46 bits per heavy atom. The van der Waals surface area contributed by atoms with Gasteiger partial charge in [0.25, 0.3) is 5.91 Å². The first-order chi connectivity index (χ1) is 11.6. The van der Waals surface area contributed by atoms with E-state index in [1.807, 2.05) is 23.6 Å². The zero-order valence-electron chi connectivity index (χ0n) is 13.6. The summed E-state index contributed by atoms with van der Waals surface area (Å²) in [5, 5.41) is 2.80. The highest BCUT2D eigenvalue weighted by molar-refractivity contribution is 7.09. The summed E-state index contributed by atoms with van der Waals surface area (Å²) in [6.07, 6.45) is 4.69. The van der Waals surface area contributed by atoms with Crippen LogP contribution in [0.25, 0.3) is 0 Å². The monoisotopic (exact) mass is 341 g/mol. The standard InChI is InChI=1S/C18H19N3O2S/c1-3-17(22)21-10-5-7-13-14(6-4-8-15(13)21)18(23)20(2)12-16-19-9-11-24-16/h3-4,6,8-9,11H,1,5,7,10,12H2,2H3. The van der Waals surface area contributed by atoms with E-state index in [0.29, 0.717) is 18.7 Å². The van der Waals surface area contributed by atoms with E-state index in [9.17, 15) is 9.59 Å². The van der Waals surface area contributed by atoms with Crippen molar-refractivity contribution < 1.29 is 9.59 Å². The first-order valence-electron chi connectivity index (χ1n) is 7.81. The summed E-state index contributed by atoms with van der Waals surface area (Å²) in [6.45, 7) is 4.70. The van der Waals surface area contributed by atoms with E-state index in [0.717, 1.165) is 29.1 Å². The van der Waals surface area contributed by atoms with E-state index in [1.165, 1.54) is 17.4 Å². The molecule has 0 saturated heterocycles. The van der Waals surface area contributed by atoms with E-state index in [-0.39, 0.29) is 11.8 Å². The van der Waals surface area contributed by atoms with E-state index in [4.69, 9.17) is 0 Å². The number of carbonyl (C=O) groups excluding carboxylic acids is 2. The predicted molar refractivity (Wildman–Crippen MR) is 95.2 cm³/mol. The second kappa shape index (κ2) is 6.97. The smallest absolute Gasteiger partial charge is 0.254 e. The zero-order chi connectivity index (χ0) is 17.1. The van der Waals surface area contributed by atoms with Crippen LogP contribution in [0.1, 0.15) is 27.3 Å². The molecule has 1 aromatic carbocycles. The van der Waals surface area contributed by atoms with Crippen molar-refractivity contribution in [3.05, 3.63) is 58.6 Å². The van der Waals surface area contributed by atoms with Crippen LogP contribution in [0.15, 0.2) is 42.4 Å². The Morgan fingerprint density at radius 3 is 3.00 bits per heavy atom. The van der Waals surface area contributed by atoms with Crippen molar-refractivity contribution in [2.24, 2.45) is 0 Å². The summed E-state index contributed by atoms with van der Waals surface area (Å²) in [7, 11) is 1.78. The maximum atomic E-state index is 12.9. The average molecular weight is 341 g/mol. The molecule has 2 amide bonds. The highest BCUT2D eigenvalue weighted by Gasteiger charge is 2.26. The summed E-state index contributed by atoms with van der Waals surface area (Å²) >= 11 is 1.53. The molecule has 2 heterocycles. The van der Waals surface area contributed by atoms with Crippen molar-refractivity contribution >= 4 is 28.8 Å². The van der Waals surface area contributed by atoms with Crippen molar-refractivity contribution in [3.8, 4) is 0 Å². The van der Waals surface area contributed by atoms with E-state index in [2.05, 4.69) is 11.6 Å². The number of aromatic nitrogens is 1. The van der Waals surface area contributed by atoms with Gasteiger partial charge in [0.2, 0.25) is 5.91 Å². The molecule has 3 rings (SSSR count). The van der Waals surface area contributed by atoms with Gasteiger partial charge >= 0.3 is 0 Å². The van der Waals surface area contributed by atoms with E-state index in [1.54, 1.807) is 23.0 Å². The van der Waals surface area contributed by atoms with Gasteiger partial charge < -0.3 is 9.80 Å². The number of amides is 2. The molecule has 0 radical (unpaired) electrons. The van der Waals surface area contributed by atoms with Crippen molar-refractivity contribution in [3.63, 3.8) is 0 Å². The highest BCUT2D eigenvalue weighted by atomic mass is 32.1. The quantitative estimate of drug-likeness (QED) is 0.804. The molecule has 1 aliphatic rings. The lowest BCUT2D eigenvalue weighted by molar-refractivity contribution is -0.114. The van der Waals surface area contributed by atoms with Crippen LogP contribution >= 0.6 is 11.3 Å². The molecule has 0 unspecified atom stereocenters. The summed E-state index contributed by atoms with van der Waals surface area (Å²) in [5.41, 5.74) is 2.42. The minimum absolute atomic E-state index is 0.0463. The normalized spacial score (nSPS) is 13.3. The number of hydrogen-bond donors (Lipinski definition) is 0. The Morgan fingerprint density at radius 2 is 2.29 bits per heavy atom. The summed E-state index contributed by atoms with van der Waals surface area (Å²) in [4.78, 5) is 32.5. The molecule has 24 heavy (non-hydrogen) atoms. The number of rotatable bonds is 4. The fraction of sp³-hybridized carbons (Fsp3) is 0.278. The predicted octanol–water partition coefficient (Wildman–Crippen LogP) is 2.88. The third-order valence-electron chi connectivity index (χ3n) is 4.12. The number of benzene rings is 1. The number of hydrogen-bond acceptors (Lipinski definition) is 4. The zero-order valence-corrected chi connectivity index (χ0v) is 14.4. The van der Waals surface area contributed by atoms with Gasteiger partial charge in [-0.15, -0.1) is 11.3 Å². The molecule has 5 nitrogen and oxygen atoms in total. The van der Waals surface area contributed by atoms with Crippen molar-refractivity contribution in [1.29, 1.82) is 0 Å². The van der Waals surface area contributed by atoms with Gasteiger partial charge in [-0.3, -0.25) is 9.59 Å². The number of thiazole rings is 1. The van der Waals surface area contributed by atoms with Crippen LogP contribution in [-0.2, 0) is 17.8 Å². The minimum Gasteiger partial charge on any atom is -0.335 e. The number of fused-ring (bicyclic) bond motifs is 1. The molecule has 0 saturated carbocycles. The van der Waals surface area contributed by atoms with Crippen LogP contribution < -0.4 is 4.90 Å². The van der Waals surface area contributed by atoms with Crippen LogP contribution in [0, 0.1) is 0 Å². The average Bonchev–Trinajstić information content (AvgIpc) is 3.12. The lowest BCUT2D eigenvalue weighted by Gasteiger charge is -2.30. The summed E-state index contributed by atoms with van der Waals surface area (Å²) < 4.78 is 0. The van der Waals surface area contributed by atoms with Crippen molar-refractivity contribution in [2.45, 2.75) is 19.4 Å². The van der Waals surface area contributed by atoms with Gasteiger partial charge in [-0.25, -0.2) is 4.98 Å². The molecular formula is C18H19N3O2S. The largest absolute Gasteiger partial charge is 0.335 e. The highest BCUT2D eigenvalue weighted by Crippen LogP contribution is 2.31. The Bertz CT molecular complexity index is 771. The Labute approximate surface area is 145 Å². The van der Waals surface area contributed by atoms with Gasteiger partial charge in [-0.1, -0.05) is 12.6 Å². The van der Waals surface area contributed by atoms with Gasteiger partial charge in [-0.05, 0) is 36.6 Å². The van der Waals surface area contributed by atoms with Crippen LogP contribution in [0.5, 0.6) is 0 Å². The fourth-order valence-electron chi connectivity index (χ4n) is 2.98. The number of nitrogens with zero attached hydrogens (tertiary/aromatic N) is 3. The Hall–Kier alpha value is -2.47. The van der Waals surface area contributed by atoms with Crippen molar-refractivity contribution in [1.82, 2.24) is 9.88 Å². The third kappa shape index (κ3) is 3.10. The molecular weight excluding hydrogens is 322 g/mol. The maximum Gasteiger partial charge on any atom is 0.254 e. The van der Waals surface area contributed by atoms with Gasteiger partial charge in [0.15, 0.2) is 0 Å². The maximum absolute atomic E-state index is 12.9. The number of carbonyl (C=O) groups is 2. The molecule has 0 fully saturated rings. The van der Waals surface area contributed by atoms with Gasteiger partial charge in [0.05, 0.1) is 6.54 Å². The fourth-order valence-corrected chi connectivity index (χ4v) is 3.64. The summed E-state index contributed by atoms with van der Waals surface area (Å²) in [5.74, 6) is -0.174. The molecule has 0 N–H and O–H groups in total. The van der Waals surface area contributed by atoms with E-state index < -0.39 is 0 Å². The van der Waals surface area contributed by atoms with Crippen LogP contribution in [0.2, 0.25) is 0 Å². The lowest BCUT2D eigenvalue weighted by Crippen LogP contribution is -2.35.